The summed E-state index contributed by atoms with van der Waals surface area (Å²) >= 11 is 0. The van der Waals surface area contributed by atoms with Crippen molar-refractivity contribution in [3.63, 3.8) is 0 Å². The number of nitrogen functional groups attached to an aromatic ring is 1. The minimum absolute atomic E-state index is 0.160. The molecule has 0 atom stereocenters. The monoisotopic (exact) mass is 353 g/mol. The van der Waals surface area contributed by atoms with Crippen LogP contribution in [0.5, 0.6) is 0 Å². The Bertz CT molecular complexity index is 1000. The van der Waals surface area contributed by atoms with Gasteiger partial charge in [0.25, 0.3) is 5.91 Å². The van der Waals surface area contributed by atoms with E-state index in [1.54, 1.807) is 25.1 Å². The molecule has 0 saturated carbocycles. The van der Waals surface area contributed by atoms with E-state index in [0.717, 1.165) is 6.07 Å². The summed E-state index contributed by atoms with van der Waals surface area (Å²) < 4.78 is 18.2. The summed E-state index contributed by atoms with van der Waals surface area (Å²) in [5, 5.41) is 3.18. The minimum atomic E-state index is -0.561. The Morgan fingerprint density at radius 3 is 2.77 bits per heavy atom. The maximum Gasteiger partial charge on any atom is 0.341 e. The van der Waals surface area contributed by atoms with Gasteiger partial charge in [-0.05, 0) is 43.3 Å². The molecular formula is C19H16FN3O3. The molecule has 7 heteroatoms. The van der Waals surface area contributed by atoms with Crippen LogP contribution in [0.1, 0.15) is 27.6 Å². The maximum atomic E-state index is 13.3. The highest BCUT2D eigenvalue weighted by atomic mass is 19.1. The number of benzene rings is 2. The van der Waals surface area contributed by atoms with Crippen molar-refractivity contribution in [1.29, 1.82) is 0 Å². The number of carbonyl (C=O) groups is 2. The number of pyridine rings is 1. The van der Waals surface area contributed by atoms with Gasteiger partial charge in [-0.15, -0.1) is 0 Å². The summed E-state index contributed by atoms with van der Waals surface area (Å²) in [6.07, 6.45) is 1.36. The first-order valence-electron chi connectivity index (χ1n) is 7.92. The average molecular weight is 353 g/mol. The Kier molecular flexibility index (Phi) is 4.79. The van der Waals surface area contributed by atoms with E-state index in [1.807, 2.05) is 0 Å². The molecule has 0 radical (unpaired) electrons. The molecule has 1 amide bonds. The highest BCUT2D eigenvalue weighted by Gasteiger charge is 2.15. The van der Waals surface area contributed by atoms with E-state index in [0.29, 0.717) is 16.6 Å². The van der Waals surface area contributed by atoms with Crippen molar-refractivity contribution in [2.75, 3.05) is 17.7 Å². The van der Waals surface area contributed by atoms with E-state index in [4.69, 9.17) is 10.5 Å². The minimum Gasteiger partial charge on any atom is -0.462 e. The predicted molar refractivity (Wildman–Crippen MR) is 96.5 cm³/mol. The highest BCUT2D eigenvalue weighted by Crippen LogP contribution is 2.26. The van der Waals surface area contributed by atoms with Crippen LogP contribution in [0.25, 0.3) is 10.9 Å². The number of nitrogens with zero attached hydrogens (tertiary/aromatic N) is 1. The third kappa shape index (κ3) is 3.46. The molecule has 3 N–H and O–H groups in total. The van der Waals surface area contributed by atoms with Gasteiger partial charge in [-0.25, -0.2) is 9.18 Å². The molecule has 1 heterocycles. The fraction of sp³-hybridized carbons (Fsp3) is 0.105. The molecule has 2 aromatic carbocycles. The molecule has 0 aliphatic heterocycles. The fourth-order valence-electron chi connectivity index (χ4n) is 2.50. The number of rotatable bonds is 4. The van der Waals surface area contributed by atoms with Gasteiger partial charge < -0.3 is 15.8 Å². The number of esters is 1. The molecule has 0 saturated heterocycles. The van der Waals surface area contributed by atoms with Gasteiger partial charge in [-0.2, -0.15) is 0 Å². The molecule has 0 spiro atoms. The molecular weight excluding hydrogens is 337 g/mol. The van der Waals surface area contributed by atoms with E-state index in [1.165, 1.54) is 24.4 Å². The van der Waals surface area contributed by atoms with E-state index in [9.17, 15) is 14.0 Å². The van der Waals surface area contributed by atoms with Crippen molar-refractivity contribution in [1.82, 2.24) is 4.98 Å². The van der Waals surface area contributed by atoms with Crippen LogP contribution in [-0.4, -0.2) is 23.5 Å². The van der Waals surface area contributed by atoms with Gasteiger partial charge >= 0.3 is 5.97 Å². The Morgan fingerprint density at radius 2 is 2.04 bits per heavy atom. The highest BCUT2D eigenvalue weighted by molar-refractivity contribution is 6.07. The summed E-state index contributed by atoms with van der Waals surface area (Å²) in [5.74, 6) is -1.52. The molecule has 0 aliphatic rings. The third-order valence-corrected chi connectivity index (χ3v) is 3.75. The molecule has 6 nitrogen and oxygen atoms in total. The smallest absolute Gasteiger partial charge is 0.341 e. The van der Waals surface area contributed by atoms with Crippen molar-refractivity contribution in [2.45, 2.75) is 6.92 Å². The predicted octanol–water partition coefficient (Wildman–Crippen LogP) is 3.39. The van der Waals surface area contributed by atoms with Crippen LogP contribution in [-0.2, 0) is 4.74 Å². The zero-order valence-electron chi connectivity index (χ0n) is 14.0. The summed E-state index contributed by atoms with van der Waals surface area (Å²) in [6.45, 7) is 1.92. The first-order chi connectivity index (χ1) is 12.5. The first-order valence-corrected chi connectivity index (χ1v) is 7.92. The van der Waals surface area contributed by atoms with Gasteiger partial charge in [0, 0.05) is 22.8 Å². The molecule has 0 bridgehead atoms. The molecule has 132 valence electrons. The first kappa shape index (κ1) is 17.3. The second kappa shape index (κ2) is 7.18. The molecule has 0 unspecified atom stereocenters. The lowest BCUT2D eigenvalue weighted by Gasteiger charge is -2.10. The Labute approximate surface area is 148 Å². The number of nitrogens with one attached hydrogen (secondary N) is 1. The number of ether oxygens (including phenoxy) is 1. The second-order valence-electron chi connectivity index (χ2n) is 5.50. The lowest BCUT2D eigenvalue weighted by Crippen LogP contribution is -2.12. The van der Waals surface area contributed by atoms with Gasteiger partial charge in [-0.1, -0.05) is 6.07 Å². The van der Waals surface area contributed by atoms with Gasteiger partial charge in [0.05, 0.1) is 17.8 Å². The van der Waals surface area contributed by atoms with Crippen molar-refractivity contribution in [2.24, 2.45) is 0 Å². The topological polar surface area (TPSA) is 94.3 Å². The van der Waals surface area contributed by atoms with Gasteiger partial charge in [0.1, 0.15) is 11.4 Å². The Balaban J connectivity index is 1.94. The second-order valence-corrected chi connectivity index (χ2v) is 5.50. The molecule has 3 aromatic rings. The van der Waals surface area contributed by atoms with Crippen LogP contribution in [0.2, 0.25) is 0 Å². The molecule has 3 rings (SSSR count). The molecule has 26 heavy (non-hydrogen) atoms. The third-order valence-electron chi connectivity index (χ3n) is 3.75. The number of fused-ring (bicyclic) bond motifs is 1. The number of carbonyl (C=O) groups excluding carboxylic acids is 2. The van der Waals surface area contributed by atoms with Gasteiger partial charge in [0.2, 0.25) is 0 Å². The van der Waals surface area contributed by atoms with Crippen LogP contribution in [0.3, 0.4) is 0 Å². The van der Waals surface area contributed by atoms with Gasteiger partial charge in [0.15, 0.2) is 0 Å². The van der Waals surface area contributed by atoms with Crippen molar-refractivity contribution < 1.29 is 18.7 Å². The fourth-order valence-corrected chi connectivity index (χ4v) is 2.50. The van der Waals surface area contributed by atoms with E-state index in [-0.39, 0.29) is 23.4 Å². The lowest BCUT2D eigenvalue weighted by molar-refractivity contribution is 0.0527. The normalized spacial score (nSPS) is 10.5. The van der Waals surface area contributed by atoms with E-state index < -0.39 is 17.7 Å². The summed E-state index contributed by atoms with van der Waals surface area (Å²) in [4.78, 5) is 28.4. The Morgan fingerprint density at radius 1 is 1.23 bits per heavy atom. The molecule has 0 fully saturated rings. The number of halogens is 1. The number of anilines is 2. The Hall–Kier alpha value is -3.48. The average Bonchev–Trinajstić information content (AvgIpc) is 2.62. The number of amides is 1. The summed E-state index contributed by atoms with van der Waals surface area (Å²) in [5.41, 5.74) is 7.66. The van der Waals surface area contributed by atoms with Gasteiger partial charge in [-0.3, -0.25) is 9.78 Å². The lowest BCUT2D eigenvalue weighted by atomic mass is 10.1. The van der Waals surface area contributed by atoms with E-state index in [2.05, 4.69) is 10.3 Å². The van der Waals surface area contributed by atoms with Crippen LogP contribution in [0.15, 0.2) is 48.7 Å². The number of hydrogen-bond acceptors (Lipinski definition) is 5. The number of nitrogens with two attached hydrogens (primary N) is 1. The van der Waals surface area contributed by atoms with Crippen LogP contribution in [0, 0.1) is 5.82 Å². The largest absolute Gasteiger partial charge is 0.462 e. The van der Waals surface area contributed by atoms with Crippen molar-refractivity contribution >= 4 is 34.2 Å². The number of aromatic nitrogens is 1. The standard InChI is InChI=1S/C19H16FN3O3/c1-2-26-19(25)15-10-22-16-7-6-13(9-14(16)17(15)21)23-18(24)11-4-3-5-12(20)8-11/h3-10H,2H2,1H3,(H2,21,22)(H,23,24). The summed E-state index contributed by atoms with van der Waals surface area (Å²) in [7, 11) is 0. The van der Waals surface area contributed by atoms with Crippen molar-refractivity contribution in [3.8, 4) is 0 Å². The molecule has 0 aliphatic carbocycles. The quantitative estimate of drug-likeness (QED) is 0.701. The van der Waals surface area contributed by atoms with Crippen molar-refractivity contribution in [3.05, 3.63) is 65.6 Å². The SMILES string of the molecule is CCOC(=O)c1cnc2ccc(NC(=O)c3cccc(F)c3)cc2c1N. The van der Waals surface area contributed by atoms with Crippen LogP contribution < -0.4 is 11.1 Å². The maximum absolute atomic E-state index is 13.3. The summed E-state index contributed by atoms with van der Waals surface area (Å²) in [6, 6.07) is 10.3. The molecule has 1 aromatic heterocycles. The van der Waals surface area contributed by atoms with E-state index >= 15 is 0 Å². The zero-order valence-corrected chi connectivity index (χ0v) is 14.0. The van der Waals surface area contributed by atoms with Crippen LogP contribution >= 0.6 is 0 Å². The van der Waals surface area contributed by atoms with Crippen LogP contribution in [0.4, 0.5) is 15.8 Å². The zero-order chi connectivity index (χ0) is 18.7. The number of hydrogen-bond donors (Lipinski definition) is 2.